The van der Waals surface area contributed by atoms with E-state index in [0.29, 0.717) is 32.3 Å². The van der Waals surface area contributed by atoms with Gasteiger partial charge in [0.05, 0.1) is 26.4 Å². The van der Waals surface area contributed by atoms with Gasteiger partial charge in [-0.05, 0) is 38.3 Å². The van der Waals surface area contributed by atoms with E-state index in [9.17, 15) is 0 Å². The molecule has 0 spiro atoms. The van der Waals surface area contributed by atoms with Gasteiger partial charge < -0.3 is 24.4 Å². The molecule has 6 heteroatoms. The van der Waals surface area contributed by atoms with E-state index in [4.69, 9.17) is 19.2 Å². The predicted molar refractivity (Wildman–Crippen MR) is 110 cm³/mol. The van der Waals surface area contributed by atoms with Crippen LogP contribution in [-0.2, 0) is 9.47 Å². The van der Waals surface area contributed by atoms with Crippen molar-refractivity contribution in [2.24, 2.45) is 10.9 Å². The summed E-state index contributed by atoms with van der Waals surface area (Å²) in [5.41, 5.74) is 2.34. The van der Waals surface area contributed by atoms with Crippen LogP contribution in [0.2, 0.25) is 0 Å². The fourth-order valence-corrected chi connectivity index (χ4v) is 3.31. The highest BCUT2D eigenvalue weighted by molar-refractivity contribution is 5.80. The number of ether oxygens (including phenoxy) is 3. The summed E-state index contributed by atoms with van der Waals surface area (Å²) in [4.78, 5) is 7.09. The van der Waals surface area contributed by atoms with E-state index in [-0.39, 0.29) is 0 Å². The van der Waals surface area contributed by atoms with E-state index in [2.05, 4.69) is 49.2 Å². The summed E-state index contributed by atoms with van der Waals surface area (Å²) >= 11 is 0. The van der Waals surface area contributed by atoms with Crippen molar-refractivity contribution in [3.8, 4) is 5.75 Å². The number of para-hydroxylation sites is 1. The number of hydrogen-bond donors (Lipinski definition) is 1. The molecule has 1 unspecified atom stereocenters. The fourth-order valence-electron chi connectivity index (χ4n) is 3.31. The van der Waals surface area contributed by atoms with Crippen LogP contribution in [0.3, 0.4) is 0 Å². The zero-order valence-corrected chi connectivity index (χ0v) is 17.3. The highest BCUT2D eigenvalue weighted by atomic mass is 16.5. The van der Waals surface area contributed by atoms with Crippen molar-refractivity contribution in [3.05, 3.63) is 29.3 Å². The van der Waals surface area contributed by atoms with Crippen LogP contribution in [0, 0.1) is 19.8 Å². The van der Waals surface area contributed by atoms with Gasteiger partial charge >= 0.3 is 0 Å². The first-order valence-corrected chi connectivity index (χ1v) is 9.94. The SMILES string of the molecule is CCNC(=NCCOc1c(C)cccc1C)N1CCC(COCCOC)C1. The van der Waals surface area contributed by atoms with Gasteiger partial charge in [0.15, 0.2) is 5.96 Å². The van der Waals surface area contributed by atoms with Crippen LogP contribution in [0.4, 0.5) is 0 Å². The lowest BCUT2D eigenvalue weighted by Crippen LogP contribution is -2.40. The molecule has 1 aromatic rings. The smallest absolute Gasteiger partial charge is 0.194 e. The Bertz CT molecular complexity index is 572. The molecule has 152 valence electrons. The average molecular weight is 378 g/mol. The molecule has 27 heavy (non-hydrogen) atoms. The molecule has 1 N–H and O–H groups in total. The van der Waals surface area contributed by atoms with Crippen molar-refractivity contribution < 1.29 is 14.2 Å². The predicted octanol–water partition coefficient (Wildman–Crippen LogP) is 2.63. The van der Waals surface area contributed by atoms with Crippen LogP contribution < -0.4 is 10.1 Å². The minimum atomic E-state index is 0.552. The standard InChI is InChI=1S/C21H35N3O3/c1-5-22-21(24-11-9-19(15-24)16-26-14-13-25-4)23-10-12-27-20-17(2)7-6-8-18(20)3/h6-8,19H,5,9-16H2,1-4H3,(H,22,23). The molecule has 2 rings (SSSR count). The molecule has 6 nitrogen and oxygen atoms in total. The van der Waals surface area contributed by atoms with Crippen molar-refractivity contribution in [2.45, 2.75) is 27.2 Å². The van der Waals surface area contributed by atoms with E-state index in [0.717, 1.165) is 44.4 Å². The highest BCUT2D eigenvalue weighted by Crippen LogP contribution is 2.22. The maximum atomic E-state index is 5.97. The lowest BCUT2D eigenvalue weighted by atomic mass is 10.1. The molecule has 0 aliphatic carbocycles. The summed E-state index contributed by atoms with van der Waals surface area (Å²) in [7, 11) is 1.70. The highest BCUT2D eigenvalue weighted by Gasteiger charge is 2.24. The Morgan fingerprint density at radius 1 is 1.22 bits per heavy atom. The molecule has 0 radical (unpaired) electrons. The third-order valence-corrected chi connectivity index (χ3v) is 4.71. The van der Waals surface area contributed by atoms with Gasteiger partial charge in [-0.15, -0.1) is 0 Å². The second-order valence-corrected chi connectivity index (χ2v) is 6.97. The summed E-state index contributed by atoms with van der Waals surface area (Å²) in [6, 6.07) is 6.21. The van der Waals surface area contributed by atoms with Gasteiger partial charge in [0.1, 0.15) is 12.4 Å². The third-order valence-electron chi connectivity index (χ3n) is 4.71. The number of likely N-dealkylation sites (tertiary alicyclic amines) is 1. The number of hydrogen-bond acceptors (Lipinski definition) is 4. The van der Waals surface area contributed by atoms with Gasteiger partial charge in [-0.25, -0.2) is 4.99 Å². The van der Waals surface area contributed by atoms with Crippen molar-refractivity contribution in [1.82, 2.24) is 10.2 Å². The normalized spacial score (nSPS) is 17.4. The number of aliphatic imine (C=N–C) groups is 1. The number of benzene rings is 1. The van der Waals surface area contributed by atoms with Gasteiger partial charge in [0.25, 0.3) is 0 Å². The summed E-state index contributed by atoms with van der Waals surface area (Å²) in [6.07, 6.45) is 1.14. The largest absolute Gasteiger partial charge is 0.491 e. The molecule has 0 aromatic heterocycles. The molecule has 0 amide bonds. The zero-order chi connectivity index (χ0) is 19.5. The first-order chi connectivity index (χ1) is 13.2. The van der Waals surface area contributed by atoms with Crippen molar-refractivity contribution >= 4 is 5.96 Å². The second kappa shape index (κ2) is 11.8. The van der Waals surface area contributed by atoms with Crippen LogP contribution in [-0.4, -0.2) is 70.6 Å². The Balaban J connectivity index is 1.80. The van der Waals surface area contributed by atoms with E-state index in [1.54, 1.807) is 7.11 Å². The summed E-state index contributed by atoms with van der Waals surface area (Å²) < 4.78 is 16.7. The summed E-state index contributed by atoms with van der Waals surface area (Å²) in [5.74, 6) is 2.51. The number of aryl methyl sites for hydroxylation is 2. The number of methoxy groups -OCH3 is 1. The lowest BCUT2D eigenvalue weighted by Gasteiger charge is -2.22. The van der Waals surface area contributed by atoms with Gasteiger partial charge in [-0.1, -0.05) is 18.2 Å². The topological polar surface area (TPSA) is 55.3 Å². The van der Waals surface area contributed by atoms with Gasteiger partial charge in [-0.2, -0.15) is 0 Å². The number of nitrogens with zero attached hydrogens (tertiary/aromatic N) is 2. The molecule has 1 atom stereocenters. The summed E-state index contributed by atoms with van der Waals surface area (Å²) in [6.45, 7) is 12.4. The Hall–Kier alpha value is -1.79. The van der Waals surface area contributed by atoms with Crippen LogP contribution in [0.15, 0.2) is 23.2 Å². The number of nitrogens with one attached hydrogen (secondary N) is 1. The maximum Gasteiger partial charge on any atom is 0.194 e. The Morgan fingerprint density at radius 3 is 2.70 bits per heavy atom. The molecule has 1 aliphatic rings. The van der Waals surface area contributed by atoms with E-state index >= 15 is 0 Å². The van der Waals surface area contributed by atoms with E-state index < -0.39 is 0 Å². The number of rotatable bonds is 10. The molecule has 1 heterocycles. The average Bonchev–Trinajstić information content (AvgIpc) is 3.12. The van der Waals surface area contributed by atoms with Crippen LogP contribution in [0.25, 0.3) is 0 Å². The van der Waals surface area contributed by atoms with E-state index in [1.165, 1.54) is 11.1 Å². The van der Waals surface area contributed by atoms with Crippen molar-refractivity contribution in [1.29, 1.82) is 0 Å². The molecular weight excluding hydrogens is 342 g/mol. The molecule has 1 aromatic carbocycles. The molecule has 0 bridgehead atoms. The van der Waals surface area contributed by atoms with Crippen LogP contribution in [0.5, 0.6) is 5.75 Å². The summed E-state index contributed by atoms with van der Waals surface area (Å²) in [5, 5.41) is 3.40. The van der Waals surface area contributed by atoms with Gasteiger partial charge in [0.2, 0.25) is 0 Å². The maximum absolute atomic E-state index is 5.97. The molecule has 1 aliphatic heterocycles. The Kier molecular flexibility index (Phi) is 9.42. The second-order valence-electron chi connectivity index (χ2n) is 6.97. The Labute approximate surface area is 163 Å². The van der Waals surface area contributed by atoms with Gasteiger partial charge in [-0.3, -0.25) is 0 Å². The quantitative estimate of drug-likeness (QED) is 0.386. The van der Waals surface area contributed by atoms with Crippen molar-refractivity contribution in [2.75, 3.05) is 59.7 Å². The zero-order valence-electron chi connectivity index (χ0n) is 17.3. The molecule has 0 saturated carbocycles. The van der Waals surface area contributed by atoms with E-state index in [1.807, 2.05) is 0 Å². The first-order valence-electron chi connectivity index (χ1n) is 9.94. The number of guanidine groups is 1. The van der Waals surface area contributed by atoms with Crippen LogP contribution in [0.1, 0.15) is 24.5 Å². The lowest BCUT2D eigenvalue weighted by molar-refractivity contribution is 0.0536. The minimum absolute atomic E-state index is 0.552. The third kappa shape index (κ3) is 7.03. The van der Waals surface area contributed by atoms with Crippen LogP contribution >= 0.6 is 0 Å². The minimum Gasteiger partial charge on any atom is -0.491 e. The molecule has 1 fully saturated rings. The van der Waals surface area contributed by atoms with Gasteiger partial charge in [0, 0.05) is 32.7 Å². The fraction of sp³-hybridized carbons (Fsp3) is 0.667. The first kappa shape index (κ1) is 21.5. The molecule has 1 saturated heterocycles. The van der Waals surface area contributed by atoms with Crippen molar-refractivity contribution in [3.63, 3.8) is 0 Å². The Morgan fingerprint density at radius 2 is 2.00 bits per heavy atom. The monoisotopic (exact) mass is 377 g/mol. The molecular formula is C21H35N3O3.